The van der Waals surface area contributed by atoms with Gasteiger partial charge in [0, 0.05) is 13.0 Å². The second-order valence-corrected chi connectivity index (χ2v) is 4.52. The number of aliphatic hydroxyl groups is 1. The molecule has 0 saturated carbocycles. The molecule has 102 valence electrons. The van der Waals surface area contributed by atoms with Gasteiger partial charge >= 0.3 is 5.97 Å². The molecule has 0 fully saturated rings. The predicted octanol–water partition coefficient (Wildman–Crippen LogP) is 3.44. The van der Waals surface area contributed by atoms with Crippen molar-refractivity contribution in [2.75, 3.05) is 13.2 Å². The van der Waals surface area contributed by atoms with E-state index in [2.05, 4.69) is 6.92 Å². The molecule has 0 atom stereocenters. The van der Waals surface area contributed by atoms with E-state index in [1.165, 1.54) is 25.7 Å². The van der Waals surface area contributed by atoms with Crippen LogP contribution in [0.2, 0.25) is 0 Å². The van der Waals surface area contributed by atoms with Crippen LogP contribution >= 0.6 is 0 Å². The molecule has 0 aromatic heterocycles. The molecule has 0 heterocycles. The maximum Gasteiger partial charge on any atom is 0.305 e. The zero-order valence-corrected chi connectivity index (χ0v) is 11.2. The van der Waals surface area contributed by atoms with Gasteiger partial charge in [0.2, 0.25) is 0 Å². The monoisotopic (exact) mass is 244 g/mol. The van der Waals surface area contributed by atoms with Crippen molar-refractivity contribution in [3.05, 3.63) is 0 Å². The summed E-state index contributed by atoms with van der Waals surface area (Å²) >= 11 is 0. The van der Waals surface area contributed by atoms with E-state index in [1.807, 2.05) is 0 Å². The molecule has 0 aliphatic heterocycles. The molecule has 0 amide bonds. The molecule has 0 radical (unpaired) electrons. The summed E-state index contributed by atoms with van der Waals surface area (Å²) in [5.74, 6) is -0.0866. The van der Waals surface area contributed by atoms with Gasteiger partial charge in [-0.1, -0.05) is 45.4 Å². The van der Waals surface area contributed by atoms with Crippen LogP contribution in [0.5, 0.6) is 0 Å². The lowest BCUT2D eigenvalue weighted by molar-refractivity contribution is -0.143. The quantitative estimate of drug-likeness (QED) is 0.422. The molecule has 3 nitrogen and oxygen atoms in total. The number of hydrogen-bond acceptors (Lipinski definition) is 3. The lowest BCUT2D eigenvalue weighted by Gasteiger charge is -2.04. The van der Waals surface area contributed by atoms with E-state index < -0.39 is 0 Å². The van der Waals surface area contributed by atoms with Crippen molar-refractivity contribution in [3.8, 4) is 0 Å². The number of carbonyl (C=O) groups is 1. The number of aliphatic hydroxyl groups excluding tert-OH is 1. The van der Waals surface area contributed by atoms with Crippen LogP contribution in [0, 0.1) is 0 Å². The Morgan fingerprint density at radius 3 is 2.29 bits per heavy atom. The molecule has 1 N–H and O–H groups in total. The largest absolute Gasteiger partial charge is 0.466 e. The van der Waals surface area contributed by atoms with E-state index in [4.69, 9.17) is 9.84 Å². The average Bonchev–Trinajstić information content (AvgIpc) is 2.33. The highest BCUT2D eigenvalue weighted by Crippen LogP contribution is 2.06. The topological polar surface area (TPSA) is 46.5 Å². The SMILES string of the molecule is CCCCCCCCOC(=O)CCCCCO. The second-order valence-electron chi connectivity index (χ2n) is 4.52. The van der Waals surface area contributed by atoms with Crippen LogP contribution in [0.4, 0.5) is 0 Å². The van der Waals surface area contributed by atoms with Gasteiger partial charge in [-0.2, -0.15) is 0 Å². The third kappa shape index (κ3) is 13.4. The fourth-order valence-corrected chi connectivity index (χ4v) is 1.70. The second kappa shape index (κ2) is 13.5. The first-order valence-corrected chi connectivity index (χ1v) is 7.07. The fraction of sp³-hybridized carbons (Fsp3) is 0.929. The molecular weight excluding hydrogens is 216 g/mol. The number of rotatable bonds is 12. The van der Waals surface area contributed by atoms with Crippen LogP contribution in [0.15, 0.2) is 0 Å². The van der Waals surface area contributed by atoms with Gasteiger partial charge in [0.05, 0.1) is 6.61 Å². The molecule has 0 rings (SSSR count). The number of hydrogen-bond donors (Lipinski definition) is 1. The highest BCUT2D eigenvalue weighted by atomic mass is 16.5. The van der Waals surface area contributed by atoms with Crippen LogP contribution in [-0.4, -0.2) is 24.3 Å². The Balaban J connectivity index is 3.11. The Bertz CT molecular complexity index is 169. The van der Waals surface area contributed by atoms with Gasteiger partial charge in [0.15, 0.2) is 0 Å². The molecule has 0 aliphatic carbocycles. The fourth-order valence-electron chi connectivity index (χ4n) is 1.70. The van der Waals surface area contributed by atoms with Gasteiger partial charge in [-0.3, -0.25) is 4.79 Å². The minimum Gasteiger partial charge on any atom is -0.466 e. The van der Waals surface area contributed by atoms with Gasteiger partial charge in [0.25, 0.3) is 0 Å². The molecule has 0 aromatic carbocycles. The first kappa shape index (κ1) is 16.4. The van der Waals surface area contributed by atoms with Crippen molar-refractivity contribution in [1.29, 1.82) is 0 Å². The molecule has 17 heavy (non-hydrogen) atoms. The maximum atomic E-state index is 11.3. The van der Waals surface area contributed by atoms with E-state index in [9.17, 15) is 4.79 Å². The van der Waals surface area contributed by atoms with Gasteiger partial charge in [-0.15, -0.1) is 0 Å². The molecule has 0 aromatic rings. The zero-order chi connectivity index (χ0) is 12.8. The van der Waals surface area contributed by atoms with E-state index in [-0.39, 0.29) is 12.6 Å². The Morgan fingerprint density at radius 2 is 1.59 bits per heavy atom. The molecule has 0 bridgehead atoms. The molecule has 0 unspecified atom stereocenters. The minimum absolute atomic E-state index is 0.0866. The summed E-state index contributed by atoms with van der Waals surface area (Å²) < 4.78 is 5.13. The van der Waals surface area contributed by atoms with Crippen LogP contribution in [0.1, 0.15) is 71.1 Å². The normalized spacial score (nSPS) is 10.5. The highest BCUT2D eigenvalue weighted by molar-refractivity contribution is 5.69. The highest BCUT2D eigenvalue weighted by Gasteiger charge is 2.01. The summed E-state index contributed by atoms with van der Waals surface area (Å²) in [5, 5.41) is 8.58. The third-order valence-electron chi connectivity index (χ3n) is 2.80. The smallest absolute Gasteiger partial charge is 0.305 e. The lowest BCUT2D eigenvalue weighted by Crippen LogP contribution is -2.05. The Hall–Kier alpha value is -0.570. The molecule has 0 aliphatic rings. The van der Waals surface area contributed by atoms with Gasteiger partial charge < -0.3 is 9.84 Å². The minimum atomic E-state index is -0.0866. The van der Waals surface area contributed by atoms with Crippen molar-refractivity contribution >= 4 is 5.97 Å². The Kier molecular flexibility index (Phi) is 13.0. The van der Waals surface area contributed by atoms with Crippen LogP contribution in [0.3, 0.4) is 0 Å². The van der Waals surface area contributed by atoms with Gasteiger partial charge in [-0.25, -0.2) is 0 Å². The Morgan fingerprint density at radius 1 is 0.941 bits per heavy atom. The Labute approximate surface area is 106 Å². The van der Waals surface area contributed by atoms with Crippen molar-refractivity contribution in [2.24, 2.45) is 0 Å². The van der Waals surface area contributed by atoms with Gasteiger partial charge in [-0.05, 0) is 19.3 Å². The van der Waals surface area contributed by atoms with Crippen molar-refractivity contribution < 1.29 is 14.6 Å². The summed E-state index contributed by atoms with van der Waals surface area (Å²) in [6.07, 6.45) is 10.3. The summed E-state index contributed by atoms with van der Waals surface area (Å²) in [4.78, 5) is 11.3. The summed E-state index contributed by atoms with van der Waals surface area (Å²) in [6, 6.07) is 0. The van der Waals surface area contributed by atoms with E-state index in [0.29, 0.717) is 13.0 Å². The number of unbranched alkanes of at least 4 members (excludes halogenated alkanes) is 7. The van der Waals surface area contributed by atoms with Crippen LogP contribution < -0.4 is 0 Å². The summed E-state index contributed by atoms with van der Waals surface area (Å²) in [6.45, 7) is 3.00. The van der Waals surface area contributed by atoms with Crippen molar-refractivity contribution in [2.45, 2.75) is 71.1 Å². The predicted molar refractivity (Wildman–Crippen MR) is 69.9 cm³/mol. The van der Waals surface area contributed by atoms with Crippen LogP contribution in [0.25, 0.3) is 0 Å². The zero-order valence-electron chi connectivity index (χ0n) is 11.2. The molecular formula is C14H28O3. The standard InChI is InChI=1S/C14H28O3/c1-2-3-4-5-6-10-13-17-14(16)11-8-7-9-12-15/h15H,2-13H2,1H3. The summed E-state index contributed by atoms with van der Waals surface area (Å²) in [7, 11) is 0. The molecule has 3 heteroatoms. The van der Waals surface area contributed by atoms with E-state index in [0.717, 1.165) is 32.1 Å². The van der Waals surface area contributed by atoms with Crippen LogP contribution in [-0.2, 0) is 9.53 Å². The van der Waals surface area contributed by atoms with Crippen molar-refractivity contribution in [1.82, 2.24) is 0 Å². The van der Waals surface area contributed by atoms with Gasteiger partial charge in [0.1, 0.15) is 0 Å². The van der Waals surface area contributed by atoms with Crippen molar-refractivity contribution in [3.63, 3.8) is 0 Å². The molecule has 0 saturated heterocycles. The summed E-state index contributed by atoms with van der Waals surface area (Å²) in [5.41, 5.74) is 0. The first-order valence-electron chi connectivity index (χ1n) is 7.07. The van der Waals surface area contributed by atoms with E-state index in [1.54, 1.807) is 0 Å². The number of carbonyl (C=O) groups excluding carboxylic acids is 1. The number of ether oxygens (including phenoxy) is 1. The average molecular weight is 244 g/mol. The third-order valence-corrected chi connectivity index (χ3v) is 2.80. The van der Waals surface area contributed by atoms with E-state index >= 15 is 0 Å². The maximum absolute atomic E-state index is 11.3. The molecule has 0 spiro atoms. The lowest BCUT2D eigenvalue weighted by atomic mass is 10.1. The first-order chi connectivity index (χ1) is 8.31. The number of esters is 1.